The smallest absolute Gasteiger partial charge is 0.255 e. The first-order valence-electron chi connectivity index (χ1n) is 12.0. The number of rotatable bonds is 5. The Hall–Kier alpha value is -4.17. The molecule has 9 heteroatoms. The van der Waals surface area contributed by atoms with Crippen LogP contribution in [0.25, 0.3) is 22.3 Å². The summed E-state index contributed by atoms with van der Waals surface area (Å²) in [6, 6.07) is 14.8. The van der Waals surface area contributed by atoms with Gasteiger partial charge in [-0.2, -0.15) is 5.10 Å². The predicted molar refractivity (Wildman–Crippen MR) is 144 cm³/mol. The summed E-state index contributed by atoms with van der Waals surface area (Å²) >= 11 is 6.18. The van der Waals surface area contributed by atoms with Crippen LogP contribution < -0.4 is 11.1 Å². The van der Waals surface area contributed by atoms with Crippen LogP contribution in [0.15, 0.2) is 67.1 Å². The normalized spacial score (nSPS) is 15.1. The van der Waals surface area contributed by atoms with E-state index < -0.39 is 0 Å². The van der Waals surface area contributed by atoms with Gasteiger partial charge >= 0.3 is 0 Å². The van der Waals surface area contributed by atoms with Gasteiger partial charge in [-0.15, -0.1) is 0 Å². The second kappa shape index (κ2) is 10.1. The monoisotopic (exact) mass is 514 g/mol. The van der Waals surface area contributed by atoms with E-state index in [4.69, 9.17) is 17.3 Å². The van der Waals surface area contributed by atoms with Gasteiger partial charge in [0, 0.05) is 60.3 Å². The molecule has 3 heterocycles. The van der Waals surface area contributed by atoms with E-state index in [9.17, 15) is 9.59 Å². The standard InChI is InChI=1S/C28H27ClN6O2/c1-17-6-7-19(11-24(17)18-4-3-5-22(29)10-18)28(37)35-9-8-23(16-35)33-27(36)25-12-20(13-31-26(25)30)21-14-32-34(2)15-21/h3-7,10-15,23H,8-9,16H2,1-2H3,(H2,30,31)(H,33,36)/t23-/m1/s1. The first-order chi connectivity index (χ1) is 17.8. The minimum atomic E-state index is -0.311. The Bertz CT molecular complexity index is 1500. The SMILES string of the molecule is Cc1ccc(C(=O)N2CC[C@@H](NC(=O)c3cc(-c4cnn(C)c4)cnc3N)C2)cc1-c1cccc(Cl)c1. The Kier molecular flexibility index (Phi) is 6.67. The lowest BCUT2D eigenvalue weighted by atomic mass is 9.98. The highest BCUT2D eigenvalue weighted by Gasteiger charge is 2.29. The number of aromatic nitrogens is 3. The summed E-state index contributed by atoms with van der Waals surface area (Å²) in [5.41, 5.74) is 11.5. The molecule has 0 radical (unpaired) electrons. The number of pyridine rings is 1. The zero-order chi connectivity index (χ0) is 26.1. The Morgan fingerprint density at radius 2 is 1.92 bits per heavy atom. The van der Waals surface area contributed by atoms with Gasteiger partial charge < -0.3 is 16.0 Å². The third-order valence-corrected chi connectivity index (χ3v) is 6.87. The number of benzene rings is 2. The summed E-state index contributed by atoms with van der Waals surface area (Å²) in [7, 11) is 1.82. The van der Waals surface area contributed by atoms with Crippen molar-refractivity contribution < 1.29 is 9.59 Å². The highest BCUT2D eigenvalue weighted by Crippen LogP contribution is 2.28. The molecule has 0 spiro atoms. The fourth-order valence-electron chi connectivity index (χ4n) is 4.62. The number of aryl methyl sites for hydroxylation is 2. The van der Waals surface area contributed by atoms with E-state index in [0.29, 0.717) is 35.7 Å². The second-order valence-electron chi connectivity index (χ2n) is 9.31. The summed E-state index contributed by atoms with van der Waals surface area (Å²) in [6.45, 7) is 2.98. The maximum atomic E-state index is 13.3. The van der Waals surface area contributed by atoms with Gasteiger partial charge in [-0.25, -0.2) is 4.98 Å². The van der Waals surface area contributed by atoms with E-state index in [2.05, 4.69) is 15.4 Å². The quantitative estimate of drug-likeness (QED) is 0.412. The molecule has 1 fully saturated rings. The largest absolute Gasteiger partial charge is 0.383 e. The highest BCUT2D eigenvalue weighted by atomic mass is 35.5. The van der Waals surface area contributed by atoms with Crippen LogP contribution in [0.2, 0.25) is 5.02 Å². The molecule has 2 amide bonds. The number of hydrogen-bond donors (Lipinski definition) is 2. The predicted octanol–water partition coefficient (Wildman–Crippen LogP) is 4.34. The van der Waals surface area contributed by atoms with Gasteiger partial charge in [0.2, 0.25) is 0 Å². The van der Waals surface area contributed by atoms with Gasteiger partial charge in [0.1, 0.15) is 5.82 Å². The van der Waals surface area contributed by atoms with Gasteiger partial charge in [0.15, 0.2) is 0 Å². The number of nitrogens with zero attached hydrogens (tertiary/aromatic N) is 4. The Morgan fingerprint density at radius 1 is 1.08 bits per heavy atom. The maximum absolute atomic E-state index is 13.3. The molecule has 0 aliphatic carbocycles. The minimum Gasteiger partial charge on any atom is -0.383 e. The van der Waals surface area contributed by atoms with Crippen LogP contribution in [0.5, 0.6) is 0 Å². The molecule has 37 heavy (non-hydrogen) atoms. The molecule has 8 nitrogen and oxygen atoms in total. The molecule has 0 saturated carbocycles. The van der Waals surface area contributed by atoms with Gasteiger partial charge in [0.25, 0.3) is 11.8 Å². The molecule has 1 saturated heterocycles. The average Bonchev–Trinajstić information content (AvgIpc) is 3.53. The number of carbonyl (C=O) groups is 2. The number of anilines is 1. The van der Waals surface area contributed by atoms with Gasteiger partial charge in [-0.1, -0.05) is 29.8 Å². The lowest BCUT2D eigenvalue weighted by Gasteiger charge is -2.18. The zero-order valence-corrected chi connectivity index (χ0v) is 21.4. The maximum Gasteiger partial charge on any atom is 0.255 e. The summed E-state index contributed by atoms with van der Waals surface area (Å²) in [6.07, 6.45) is 5.83. The van der Waals surface area contributed by atoms with E-state index in [1.165, 1.54) is 0 Å². The van der Waals surface area contributed by atoms with E-state index >= 15 is 0 Å². The lowest BCUT2D eigenvalue weighted by molar-refractivity contribution is 0.0783. The number of hydrogen-bond acceptors (Lipinski definition) is 5. The molecule has 2 aromatic heterocycles. The van der Waals surface area contributed by atoms with Crippen molar-refractivity contribution in [1.82, 2.24) is 25.0 Å². The average molecular weight is 515 g/mol. The van der Waals surface area contributed by atoms with Gasteiger partial charge in [-0.3, -0.25) is 14.3 Å². The molecule has 1 aliphatic rings. The number of carbonyl (C=O) groups excluding carboxylic acids is 2. The van der Waals surface area contributed by atoms with Crippen molar-refractivity contribution in [3.8, 4) is 22.3 Å². The number of amides is 2. The Balaban J connectivity index is 1.28. The lowest BCUT2D eigenvalue weighted by Crippen LogP contribution is -2.38. The topological polar surface area (TPSA) is 106 Å². The van der Waals surface area contributed by atoms with Crippen LogP contribution in [-0.4, -0.2) is 50.6 Å². The second-order valence-corrected chi connectivity index (χ2v) is 9.75. The van der Waals surface area contributed by atoms with Crippen molar-refractivity contribution in [2.24, 2.45) is 7.05 Å². The number of likely N-dealkylation sites (tertiary alicyclic amines) is 1. The molecule has 0 unspecified atom stereocenters. The molecular weight excluding hydrogens is 488 g/mol. The summed E-state index contributed by atoms with van der Waals surface area (Å²) in [5.74, 6) is -0.224. The van der Waals surface area contributed by atoms with Crippen LogP contribution in [0.1, 0.15) is 32.7 Å². The molecule has 2 aromatic carbocycles. The molecule has 1 aliphatic heterocycles. The van der Waals surface area contributed by atoms with Crippen LogP contribution in [0, 0.1) is 6.92 Å². The third-order valence-electron chi connectivity index (χ3n) is 6.63. The Labute approximate surface area is 220 Å². The Morgan fingerprint density at radius 3 is 2.68 bits per heavy atom. The van der Waals surface area contributed by atoms with Gasteiger partial charge in [0.05, 0.1) is 11.8 Å². The van der Waals surface area contributed by atoms with Crippen molar-refractivity contribution in [1.29, 1.82) is 0 Å². The van der Waals surface area contributed by atoms with Crippen LogP contribution in [-0.2, 0) is 7.05 Å². The molecule has 4 aromatic rings. The van der Waals surface area contributed by atoms with Crippen LogP contribution >= 0.6 is 11.6 Å². The van der Waals surface area contributed by atoms with E-state index in [1.54, 1.807) is 28.0 Å². The summed E-state index contributed by atoms with van der Waals surface area (Å²) in [4.78, 5) is 32.3. The summed E-state index contributed by atoms with van der Waals surface area (Å²) in [5, 5.41) is 7.84. The first kappa shape index (κ1) is 24.5. The minimum absolute atomic E-state index is 0.0696. The van der Waals surface area contributed by atoms with Crippen molar-refractivity contribution in [2.75, 3.05) is 18.8 Å². The molecule has 188 valence electrons. The van der Waals surface area contributed by atoms with Crippen molar-refractivity contribution >= 4 is 29.2 Å². The molecule has 3 N–H and O–H groups in total. The number of nitrogen functional groups attached to an aromatic ring is 1. The summed E-state index contributed by atoms with van der Waals surface area (Å²) < 4.78 is 1.68. The van der Waals surface area contributed by atoms with Crippen LogP contribution in [0.4, 0.5) is 5.82 Å². The van der Waals surface area contributed by atoms with E-state index in [1.807, 2.05) is 62.6 Å². The number of nitrogens with one attached hydrogen (secondary N) is 1. The van der Waals surface area contributed by atoms with E-state index in [-0.39, 0.29) is 23.7 Å². The zero-order valence-electron chi connectivity index (χ0n) is 20.6. The van der Waals surface area contributed by atoms with E-state index in [0.717, 1.165) is 27.8 Å². The molecule has 5 rings (SSSR count). The van der Waals surface area contributed by atoms with Gasteiger partial charge in [-0.05, 0) is 60.4 Å². The fourth-order valence-corrected chi connectivity index (χ4v) is 4.81. The molecule has 0 bridgehead atoms. The number of nitrogens with two attached hydrogens (primary N) is 1. The third kappa shape index (κ3) is 5.20. The molecule has 1 atom stereocenters. The van der Waals surface area contributed by atoms with Crippen molar-refractivity contribution in [3.05, 3.63) is 88.8 Å². The van der Waals surface area contributed by atoms with Crippen molar-refractivity contribution in [3.63, 3.8) is 0 Å². The van der Waals surface area contributed by atoms with Crippen molar-refractivity contribution in [2.45, 2.75) is 19.4 Å². The highest BCUT2D eigenvalue weighted by molar-refractivity contribution is 6.30. The molecular formula is C28H27ClN6O2. The first-order valence-corrected chi connectivity index (χ1v) is 12.4. The van der Waals surface area contributed by atoms with Crippen LogP contribution in [0.3, 0.4) is 0 Å². The fraction of sp³-hybridized carbons (Fsp3) is 0.214. The number of halogens is 1.